The molecule has 0 aliphatic carbocycles. The van der Waals surface area contributed by atoms with Crippen LogP contribution in [0.1, 0.15) is 24.7 Å². The van der Waals surface area contributed by atoms with E-state index in [1.165, 1.54) is 5.56 Å². The SMILES string of the molecule is CCCc1noc(NCCc2ccc(Cl)cc2)n1. The molecule has 1 aromatic heterocycles. The average Bonchev–Trinajstić information content (AvgIpc) is 2.80. The van der Waals surface area contributed by atoms with Crippen molar-refractivity contribution in [3.05, 3.63) is 40.7 Å². The van der Waals surface area contributed by atoms with Crippen LogP contribution in [0.4, 0.5) is 6.01 Å². The number of halogens is 1. The molecule has 0 bridgehead atoms. The minimum Gasteiger partial charge on any atom is -0.337 e. The van der Waals surface area contributed by atoms with Gasteiger partial charge in [-0.1, -0.05) is 35.8 Å². The molecule has 0 saturated heterocycles. The van der Waals surface area contributed by atoms with Crippen LogP contribution >= 0.6 is 11.6 Å². The molecule has 0 aliphatic rings. The number of nitrogens with zero attached hydrogens (tertiary/aromatic N) is 2. The predicted molar refractivity (Wildman–Crippen MR) is 71.9 cm³/mol. The Balaban J connectivity index is 1.79. The number of hydrogen-bond acceptors (Lipinski definition) is 4. The van der Waals surface area contributed by atoms with Gasteiger partial charge in [0, 0.05) is 18.0 Å². The second kappa shape index (κ2) is 6.40. The van der Waals surface area contributed by atoms with Gasteiger partial charge in [-0.25, -0.2) is 0 Å². The van der Waals surface area contributed by atoms with Gasteiger partial charge in [0.2, 0.25) is 0 Å². The van der Waals surface area contributed by atoms with Crippen molar-refractivity contribution in [2.45, 2.75) is 26.2 Å². The number of anilines is 1. The normalized spacial score (nSPS) is 10.6. The zero-order valence-electron chi connectivity index (χ0n) is 10.3. The summed E-state index contributed by atoms with van der Waals surface area (Å²) in [6.45, 7) is 2.85. The molecule has 0 saturated carbocycles. The lowest BCUT2D eigenvalue weighted by molar-refractivity contribution is 0.422. The summed E-state index contributed by atoms with van der Waals surface area (Å²) >= 11 is 5.83. The lowest BCUT2D eigenvalue weighted by Crippen LogP contribution is -2.05. The molecule has 4 nitrogen and oxygen atoms in total. The van der Waals surface area contributed by atoms with Gasteiger partial charge in [-0.15, -0.1) is 0 Å². The molecule has 5 heteroatoms. The van der Waals surface area contributed by atoms with E-state index in [1.54, 1.807) is 0 Å². The third kappa shape index (κ3) is 3.74. The first-order valence-corrected chi connectivity index (χ1v) is 6.46. The van der Waals surface area contributed by atoms with E-state index in [-0.39, 0.29) is 0 Å². The van der Waals surface area contributed by atoms with Crippen molar-refractivity contribution in [2.24, 2.45) is 0 Å². The average molecular weight is 266 g/mol. The largest absolute Gasteiger partial charge is 0.337 e. The van der Waals surface area contributed by atoms with Gasteiger partial charge < -0.3 is 9.84 Å². The number of aryl methyl sites for hydroxylation is 1. The van der Waals surface area contributed by atoms with Gasteiger partial charge in [0.15, 0.2) is 5.82 Å². The van der Waals surface area contributed by atoms with Crippen molar-refractivity contribution in [2.75, 3.05) is 11.9 Å². The summed E-state index contributed by atoms with van der Waals surface area (Å²) in [6.07, 6.45) is 2.76. The Hall–Kier alpha value is -1.55. The summed E-state index contributed by atoms with van der Waals surface area (Å²) in [6, 6.07) is 8.31. The standard InChI is InChI=1S/C13H16ClN3O/c1-2-3-12-16-13(18-17-12)15-9-8-10-4-6-11(14)7-5-10/h4-7H,2-3,8-9H2,1H3,(H,15,16,17). The highest BCUT2D eigenvalue weighted by Crippen LogP contribution is 2.10. The van der Waals surface area contributed by atoms with E-state index in [9.17, 15) is 0 Å². The second-order valence-corrected chi connectivity index (χ2v) is 4.51. The van der Waals surface area contributed by atoms with E-state index < -0.39 is 0 Å². The Labute approximate surface area is 111 Å². The van der Waals surface area contributed by atoms with Crippen LogP contribution in [0.25, 0.3) is 0 Å². The second-order valence-electron chi connectivity index (χ2n) is 4.07. The lowest BCUT2D eigenvalue weighted by atomic mass is 10.1. The van der Waals surface area contributed by atoms with Crippen molar-refractivity contribution in [1.29, 1.82) is 0 Å². The Morgan fingerprint density at radius 2 is 2.00 bits per heavy atom. The highest BCUT2D eigenvalue weighted by atomic mass is 35.5. The van der Waals surface area contributed by atoms with Crippen LogP contribution in [0.15, 0.2) is 28.8 Å². The topological polar surface area (TPSA) is 51.0 Å². The fraction of sp³-hybridized carbons (Fsp3) is 0.385. The van der Waals surface area contributed by atoms with Gasteiger partial charge in [0.05, 0.1) is 0 Å². The van der Waals surface area contributed by atoms with Crippen LogP contribution in [-0.4, -0.2) is 16.7 Å². The van der Waals surface area contributed by atoms with Gasteiger partial charge in [-0.05, 0) is 30.5 Å². The van der Waals surface area contributed by atoms with Gasteiger partial charge in [-0.2, -0.15) is 4.98 Å². The van der Waals surface area contributed by atoms with Gasteiger partial charge in [0.1, 0.15) is 0 Å². The molecule has 0 amide bonds. The van der Waals surface area contributed by atoms with Gasteiger partial charge >= 0.3 is 6.01 Å². The van der Waals surface area contributed by atoms with Crippen LogP contribution < -0.4 is 5.32 Å². The third-order valence-electron chi connectivity index (χ3n) is 2.54. The quantitative estimate of drug-likeness (QED) is 0.870. The number of nitrogens with one attached hydrogen (secondary N) is 1. The Bertz CT molecular complexity index is 481. The summed E-state index contributed by atoms with van der Waals surface area (Å²) in [5.74, 6) is 0.756. The summed E-state index contributed by atoms with van der Waals surface area (Å²) < 4.78 is 5.08. The zero-order chi connectivity index (χ0) is 12.8. The summed E-state index contributed by atoms with van der Waals surface area (Å²) in [7, 11) is 0. The van der Waals surface area contributed by atoms with E-state index in [1.807, 2.05) is 24.3 Å². The molecule has 0 unspecified atom stereocenters. The molecule has 2 rings (SSSR count). The highest BCUT2D eigenvalue weighted by molar-refractivity contribution is 6.30. The number of aromatic nitrogens is 2. The van der Waals surface area contributed by atoms with Crippen molar-refractivity contribution < 1.29 is 4.52 Å². The fourth-order valence-corrected chi connectivity index (χ4v) is 1.74. The summed E-state index contributed by atoms with van der Waals surface area (Å²) in [4.78, 5) is 4.24. The molecule has 1 heterocycles. The first-order valence-electron chi connectivity index (χ1n) is 6.09. The van der Waals surface area contributed by atoms with E-state index in [4.69, 9.17) is 16.1 Å². The van der Waals surface area contributed by atoms with Gasteiger partial charge in [0.25, 0.3) is 0 Å². The lowest BCUT2D eigenvalue weighted by Gasteiger charge is -2.01. The molecule has 0 radical (unpaired) electrons. The third-order valence-corrected chi connectivity index (χ3v) is 2.80. The summed E-state index contributed by atoms with van der Waals surface area (Å²) in [5, 5.41) is 7.75. The van der Waals surface area contributed by atoms with Crippen molar-refractivity contribution in [1.82, 2.24) is 10.1 Å². The van der Waals surface area contributed by atoms with Crippen molar-refractivity contribution >= 4 is 17.6 Å². The van der Waals surface area contributed by atoms with Crippen LogP contribution in [-0.2, 0) is 12.8 Å². The van der Waals surface area contributed by atoms with E-state index in [0.29, 0.717) is 6.01 Å². The Kier molecular flexibility index (Phi) is 4.59. The maximum Gasteiger partial charge on any atom is 0.321 e. The first-order chi connectivity index (χ1) is 8.78. The van der Waals surface area contributed by atoms with E-state index in [0.717, 1.165) is 36.7 Å². The molecule has 1 aromatic carbocycles. The smallest absolute Gasteiger partial charge is 0.321 e. The molecule has 96 valence electrons. The predicted octanol–water partition coefficient (Wildman–Crippen LogP) is 3.33. The van der Waals surface area contributed by atoms with E-state index >= 15 is 0 Å². The number of hydrogen-bond donors (Lipinski definition) is 1. The molecular weight excluding hydrogens is 250 g/mol. The maximum absolute atomic E-state index is 5.83. The summed E-state index contributed by atoms with van der Waals surface area (Å²) in [5.41, 5.74) is 1.22. The van der Waals surface area contributed by atoms with Crippen molar-refractivity contribution in [3.8, 4) is 0 Å². The zero-order valence-corrected chi connectivity index (χ0v) is 11.1. The minimum atomic E-state index is 0.493. The highest BCUT2D eigenvalue weighted by Gasteiger charge is 2.04. The maximum atomic E-state index is 5.83. The van der Waals surface area contributed by atoms with Crippen LogP contribution in [0.5, 0.6) is 0 Å². The van der Waals surface area contributed by atoms with Crippen LogP contribution in [0.3, 0.4) is 0 Å². The first kappa shape index (κ1) is 12.9. The molecule has 18 heavy (non-hydrogen) atoms. The number of rotatable bonds is 6. The van der Waals surface area contributed by atoms with Crippen LogP contribution in [0, 0.1) is 0 Å². The Morgan fingerprint density at radius 3 is 2.72 bits per heavy atom. The fourth-order valence-electron chi connectivity index (χ4n) is 1.62. The van der Waals surface area contributed by atoms with Crippen molar-refractivity contribution in [3.63, 3.8) is 0 Å². The monoisotopic (exact) mass is 265 g/mol. The minimum absolute atomic E-state index is 0.493. The molecular formula is C13H16ClN3O. The Morgan fingerprint density at radius 1 is 1.22 bits per heavy atom. The molecule has 1 N–H and O–H groups in total. The van der Waals surface area contributed by atoms with Crippen LogP contribution in [0.2, 0.25) is 5.02 Å². The number of benzene rings is 1. The van der Waals surface area contributed by atoms with E-state index in [2.05, 4.69) is 22.4 Å². The molecule has 0 spiro atoms. The molecule has 2 aromatic rings. The van der Waals surface area contributed by atoms with Gasteiger partial charge in [-0.3, -0.25) is 0 Å². The molecule has 0 aliphatic heterocycles. The molecule has 0 fully saturated rings. The molecule has 0 atom stereocenters.